The summed E-state index contributed by atoms with van der Waals surface area (Å²) in [5, 5.41) is 15.7. The van der Waals surface area contributed by atoms with E-state index in [4.69, 9.17) is 4.74 Å². The van der Waals surface area contributed by atoms with E-state index in [1.807, 2.05) is 38.1 Å². The molecule has 1 atom stereocenters. The number of anilines is 1. The summed E-state index contributed by atoms with van der Waals surface area (Å²) in [6, 6.07) is 23.6. The molecule has 0 aliphatic heterocycles. The molecule has 1 unspecified atom stereocenters. The van der Waals surface area contributed by atoms with Gasteiger partial charge in [-0.2, -0.15) is 5.26 Å². The first-order valence-electron chi connectivity index (χ1n) is 13.9. The molecule has 0 bridgehead atoms. The molecule has 4 rings (SSSR count). The van der Waals surface area contributed by atoms with Crippen LogP contribution in [0.15, 0.2) is 72.8 Å². The minimum absolute atomic E-state index is 0.0802. The van der Waals surface area contributed by atoms with Crippen molar-refractivity contribution in [3.8, 4) is 17.6 Å². The Kier molecular flexibility index (Phi) is 9.61. The van der Waals surface area contributed by atoms with Gasteiger partial charge >= 0.3 is 0 Å². The molecule has 0 saturated heterocycles. The first kappa shape index (κ1) is 29.9. The Bertz CT molecular complexity index is 1600. The van der Waals surface area contributed by atoms with Gasteiger partial charge in [0, 0.05) is 17.1 Å². The third-order valence-corrected chi connectivity index (χ3v) is 6.90. The van der Waals surface area contributed by atoms with Crippen molar-refractivity contribution in [3.63, 3.8) is 0 Å². The largest absolute Gasteiger partial charge is 0.457 e. The normalized spacial score (nSPS) is 11.5. The number of aromatic amines is 1. The maximum atomic E-state index is 13.5. The molecule has 0 radical (unpaired) electrons. The van der Waals surface area contributed by atoms with E-state index in [-0.39, 0.29) is 30.7 Å². The van der Waals surface area contributed by atoms with Gasteiger partial charge in [-0.3, -0.25) is 14.4 Å². The van der Waals surface area contributed by atoms with E-state index in [1.54, 1.807) is 48.5 Å². The first-order valence-corrected chi connectivity index (χ1v) is 13.9. The monoisotopic (exact) mass is 565 g/mol. The van der Waals surface area contributed by atoms with Crippen LogP contribution in [-0.2, 0) is 9.59 Å². The molecule has 1 heterocycles. The van der Waals surface area contributed by atoms with E-state index in [0.29, 0.717) is 39.6 Å². The van der Waals surface area contributed by atoms with Crippen molar-refractivity contribution in [2.24, 2.45) is 0 Å². The predicted molar refractivity (Wildman–Crippen MR) is 162 cm³/mol. The Morgan fingerprint density at radius 1 is 0.929 bits per heavy atom. The third-order valence-electron chi connectivity index (χ3n) is 6.90. The minimum atomic E-state index is -0.531. The second-order valence-electron chi connectivity index (χ2n) is 10.5. The summed E-state index contributed by atoms with van der Waals surface area (Å²) in [4.78, 5) is 43.4. The van der Waals surface area contributed by atoms with Gasteiger partial charge in [-0.15, -0.1) is 0 Å². The lowest BCUT2D eigenvalue weighted by molar-refractivity contribution is -0.123. The van der Waals surface area contributed by atoms with Crippen molar-refractivity contribution in [1.29, 1.82) is 5.26 Å². The number of amides is 3. The quantitative estimate of drug-likeness (QED) is 0.207. The van der Waals surface area contributed by atoms with Crippen molar-refractivity contribution in [2.45, 2.75) is 46.1 Å². The number of fused-ring (bicyclic) bond motifs is 1. The zero-order valence-corrected chi connectivity index (χ0v) is 24.2. The van der Waals surface area contributed by atoms with Crippen LogP contribution < -0.4 is 15.4 Å². The average Bonchev–Trinajstić information content (AvgIpc) is 3.42. The number of carbonyl (C=O) groups is 3. The molecule has 0 fully saturated rings. The van der Waals surface area contributed by atoms with E-state index in [1.165, 1.54) is 10.5 Å². The first-order chi connectivity index (χ1) is 20.2. The summed E-state index contributed by atoms with van der Waals surface area (Å²) in [5.41, 5.74) is 2.84. The fourth-order valence-corrected chi connectivity index (χ4v) is 4.37. The molecule has 0 aliphatic rings. The lowest BCUT2D eigenvalue weighted by Gasteiger charge is -2.22. The van der Waals surface area contributed by atoms with Crippen molar-refractivity contribution in [3.05, 3.63) is 89.6 Å². The number of hydrogen-bond acceptors (Lipinski definition) is 5. The summed E-state index contributed by atoms with van der Waals surface area (Å²) in [6.07, 6.45) is 0.724. The molecule has 0 saturated carbocycles. The summed E-state index contributed by atoms with van der Waals surface area (Å²) in [7, 11) is 0. The predicted octanol–water partition coefficient (Wildman–Crippen LogP) is 5.95. The lowest BCUT2D eigenvalue weighted by atomic mass is 10.0. The van der Waals surface area contributed by atoms with Gasteiger partial charge in [-0.1, -0.05) is 45.0 Å². The van der Waals surface area contributed by atoms with E-state index in [0.717, 1.165) is 6.42 Å². The van der Waals surface area contributed by atoms with E-state index in [2.05, 4.69) is 35.5 Å². The van der Waals surface area contributed by atoms with Crippen molar-refractivity contribution >= 4 is 34.3 Å². The van der Waals surface area contributed by atoms with Gasteiger partial charge in [0.1, 0.15) is 36.4 Å². The smallest absolute Gasteiger partial charge is 0.271 e. The number of para-hydroxylation sites is 1. The molecule has 1 aromatic heterocycles. The number of nitrogens with zero attached hydrogens (tertiary/aromatic N) is 2. The zero-order chi connectivity index (χ0) is 30.2. The van der Waals surface area contributed by atoms with Crippen LogP contribution in [0.5, 0.6) is 11.5 Å². The fourth-order valence-electron chi connectivity index (χ4n) is 4.37. The lowest BCUT2D eigenvalue weighted by Crippen LogP contribution is -2.46. The molecular formula is C33H35N5O4. The summed E-state index contributed by atoms with van der Waals surface area (Å²) in [5.74, 6) is 0.381. The van der Waals surface area contributed by atoms with E-state index >= 15 is 0 Å². The standard InChI is InChI=1S/C33H35N5O4/c1-5-22(4)35-30(39)19-38(33(41)29-17-24-7-6-8-25(18-34)32(24)37-29)20-31(40)36-26-11-15-28(16-12-26)42-27-13-9-23(10-14-27)21(2)3/h6-17,21-22,37H,5,19-20H2,1-4H3,(H,35,39)(H,36,40). The zero-order valence-electron chi connectivity index (χ0n) is 24.2. The van der Waals surface area contributed by atoms with Crippen LogP contribution in [0.1, 0.15) is 61.6 Å². The van der Waals surface area contributed by atoms with Crippen LogP contribution >= 0.6 is 0 Å². The number of nitrogens with one attached hydrogen (secondary N) is 3. The maximum absolute atomic E-state index is 13.5. The number of ether oxygens (including phenoxy) is 1. The highest BCUT2D eigenvalue weighted by Gasteiger charge is 2.24. The summed E-state index contributed by atoms with van der Waals surface area (Å²) < 4.78 is 5.91. The summed E-state index contributed by atoms with van der Waals surface area (Å²) in [6.45, 7) is 7.41. The Hall–Kier alpha value is -5.10. The van der Waals surface area contributed by atoms with Crippen molar-refractivity contribution < 1.29 is 19.1 Å². The van der Waals surface area contributed by atoms with Crippen molar-refractivity contribution in [1.82, 2.24) is 15.2 Å². The van der Waals surface area contributed by atoms with Gasteiger partial charge in [0.2, 0.25) is 11.8 Å². The highest BCUT2D eigenvalue weighted by atomic mass is 16.5. The fraction of sp³-hybridized carbons (Fsp3) is 0.273. The van der Waals surface area contributed by atoms with E-state index in [9.17, 15) is 19.6 Å². The molecule has 42 heavy (non-hydrogen) atoms. The van der Waals surface area contributed by atoms with Crippen LogP contribution in [0.25, 0.3) is 10.9 Å². The highest BCUT2D eigenvalue weighted by molar-refractivity contribution is 6.03. The third kappa shape index (κ3) is 7.55. The SMILES string of the molecule is CCC(C)NC(=O)CN(CC(=O)Nc1ccc(Oc2ccc(C(C)C)cc2)cc1)C(=O)c1cc2cccc(C#N)c2[nH]1. The van der Waals surface area contributed by atoms with Gasteiger partial charge in [0.05, 0.1) is 11.1 Å². The molecule has 0 spiro atoms. The topological polar surface area (TPSA) is 127 Å². The highest BCUT2D eigenvalue weighted by Crippen LogP contribution is 2.25. The molecule has 3 amide bonds. The molecule has 216 valence electrons. The molecule has 0 aliphatic carbocycles. The minimum Gasteiger partial charge on any atom is -0.457 e. The number of nitriles is 1. The van der Waals surface area contributed by atoms with Gasteiger partial charge in [-0.05, 0) is 73.4 Å². The second kappa shape index (κ2) is 13.5. The van der Waals surface area contributed by atoms with Gasteiger partial charge < -0.3 is 25.3 Å². The van der Waals surface area contributed by atoms with Crippen LogP contribution in [-0.4, -0.2) is 46.7 Å². The van der Waals surface area contributed by atoms with Crippen LogP contribution in [0.4, 0.5) is 5.69 Å². The number of hydrogen-bond donors (Lipinski definition) is 3. The number of rotatable bonds is 11. The number of benzene rings is 3. The Morgan fingerprint density at radius 2 is 1.57 bits per heavy atom. The summed E-state index contributed by atoms with van der Waals surface area (Å²) >= 11 is 0. The Morgan fingerprint density at radius 3 is 2.19 bits per heavy atom. The Labute approximate surface area is 245 Å². The molecule has 3 N–H and O–H groups in total. The number of aromatic nitrogens is 1. The van der Waals surface area contributed by atoms with Gasteiger partial charge in [-0.25, -0.2) is 0 Å². The maximum Gasteiger partial charge on any atom is 0.271 e. The van der Waals surface area contributed by atoms with Crippen molar-refractivity contribution in [2.75, 3.05) is 18.4 Å². The van der Waals surface area contributed by atoms with Crippen LogP contribution in [0.3, 0.4) is 0 Å². The molecule has 9 heteroatoms. The van der Waals surface area contributed by atoms with Crippen LogP contribution in [0.2, 0.25) is 0 Å². The second-order valence-corrected chi connectivity index (χ2v) is 10.5. The Balaban J connectivity index is 1.45. The van der Waals surface area contributed by atoms with Gasteiger partial charge in [0.25, 0.3) is 5.91 Å². The molecule has 4 aromatic rings. The molecular weight excluding hydrogens is 530 g/mol. The van der Waals surface area contributed by atoms with E-state index < -0.39 is 11.8 Å². The number of H-pyrrole nitrogens is 1. The molecule has 9 nitrogen and oxygen atoms in total. The number of carbonyl (C=O) groups excluding carboxylic acids is 3. The van der Waals surface area contributed by atoms with Gasteiger partial charge in [0.15, 0.2) is 0 Å². The molecule has 3 aromatic carbocycles. The van der Waals surface area contributed by atoms with Crippen LogP contribution in [0, 0.1) is 11.3 Å². The average molecular weight is 566 g/mol.